The fraction of sp³-hybridized carbons (Fsp3) is 0.814. The van der Waals surface area contributed by atoms with E-state index in [1.165, 1.54) is 7.11 Å². The molecule has 55 heavy (non-hydrogen) atoms. The maximum Gasteiger partial charge on any atom is 0.337 e. The van der Waals surface area contributed by atoms with E-state index in [0.717, 1.165) is 56.9 Å². The summed E-state index contributed by atoms with van der Waals surface area (Å²) < 4.78 is 32.3. The van der Waals surface area contributed by atoms with Crippen LogP contribution in [0.1, 0.15) is 122 Å². The van der Waals surface area contributed by atoms with Gasteiger partial charge in [-0.2, -0.15) is 0 Å². The molecule has 304 valence electrons. The van der Waals surface area contributed by atoms with Crippen LogP contribution in [0.5, 0.6) is 0 Å². The van der Waals surface area contributed by atoms with E-state index in [9.17, 15) is 9.59 Å². The molecule has 1 aromatic carbocycles. The van der Waals surface area contributed by atoms with E-state index in [-0.39, 0.29) is 53.6 Å². The van der Waals surface area contributed by atoms with Crippen LogP contribution < -0.4 is 5.32 Å². The quantitative estimate of drug-likeness (QED) is 0.217. The Labute approximate surface area is 325 Å². The fourth-order valence-electron chi connectivity index (χ4n) is 12.6. The molecule has 10 aliphatic rings. The number of ether oxygens (including phenoxy) is 5. The zero-order chi connectivity index (χ0) is 38.5. The summed E-state index contributed by atoms with van der Waals surface area (Å²) in [6.07, 6.45) is 6.98. The third-order valence-corrected chi connectivity index (χ3v) is 15.8. The lowest BCUT2D eigenvalue weighted by Crippen LogP contribution is -2.70. The van der Waals surface area contributed by atoms with E-state index in [4.69, 9.17) is 43.2 Å². The average Bonchev–Trinajstić information content (AvgIpc) is 3.55. The van der Waals surface area contributed by atoms with Crippen molar-refractivity contribution in [2.75, 3.05) is 7.11 Å². The summed E-state index contributed by atoms with van der Waals surface area (Å²) in [5, 5.41) is 3.25. The average molecular weight is 768 g/mol. The molecule has 1 amide bonds. The maximum absolute atomic E-state index is 14.6. The first kappa shape index (κ1) is 38.4. The minimum absolute atomic E-state index is 0.0563. The highest BCUT2D eigenvalue weighted by Crippen LogP contribution is 2.63. The Morgan fingerprint density at radius 3 is 1.67 bits per heavy atom. The number of benzene rings is 1. The van der Waals surface area contributed by atoms with Gasteiger partial charge in [-0.3, -0.25) is 4.79 Å². The Balaban J connectivity index is 0.996. The van der Waals surface area contributed by atoms with Crippen LogP contribution in [0.2, 0.25) is 0 Å². The van der Waals surface area contributed by atoms with Crippen molar-refractivity contribution in [1.29, 1.82) is 0 Å². The summed E-state index contributed by atoms with van der Waals surface area (Å²) in [5.74, 6) is -0.644. The van der Waals surface area contributed by atoms with E-state index in [0.29, 0.717) is 36.8 Å². The monoisotopic (exact) mass is 767 g/mol. The van der Waals surface area contributed by atoms with Crippen molar-refractivity contribution in [3.05, 3.63) is 35.4 Å². The SMILES string of the molecule is COC(=O)c1ccc(CNC(=O)C(C[C@H]2O[C@@H]3O[C@@]4(C)CC[C@H]5[C@H](C)CC[C@@H]([C@H]2C)[C@@]35OO4)C[C@H]2O[C@@H]3O[C@@]4(C)CC[C@H]5[C@H](C)CC[C@@H]([C@H]2C)[C@@]35OO4)cc1. The number of methoxy groups -OCH3 is 1. The van der Waals surface area contributed by atoms with Gasteiger partial charge in [-0.25, -0.2) is 24.3 Å². The number of carbonyl (C=O) groups excluding carboxylic acids is 2. The molecule has 2 spiro atoms. The lowest BCUT2D eigenvalue weighted by Gasteiger charge is -2.61. The molecule has 8 saturated heterocycles. The lowest BCUT2D eigenvalue weighted by atomic mass is 9.56. The third kappa shape index (κ3) is 6.14. The van der Waals surface area contributed by atoms with Crippen LogP contribution in [0.15, 0.2) is 24.3 Å². The first-order valence-corrected chi connectivity index (χ1v) is 21.1. The van der Waals surface area contributed by atoms with Crippen molar-refractivity contribution in [3.8, 4) is 0 Å². The molecule has 8 aliphatic heterocycles. The van der Waals surface area contributed by atoms with Crippen molar-refractivity contribution in [2.45, 2.75) is 160 Å². The van der Waals surface area contributed by atoms with E-state index >= 15 is 0 Å². The maximum atomic E-state index is 14.6. The van der Waals surface area contributed by atoms with Crippen LogP contribution in [0, 0.1) is 53.3 Å². The van der Waals surface area contributed by atoms with Gasteiger partial charge in [-0.15, -0.1) is 0 Å². The molecule has 1 aromatic rings. The number of carbonyl (C=O) groups is 2. The molecule has 1 N–H and O–H groups in total. The number of hydrogen-bond donors (Lipinski definition) is 1. The van der Waals surface area contributed by atoms with E-state index < -0.39 is 47.2 Å². The van der Waals surface area contributed by atoms with Crippen molar-refractivity contribution in [1.82, 2.24) is 5.32 Å². The van der Waals surface area contributed by atoms with Crippen LogP contribution in [0.3, 0.4) is 0 Å². The Morgan fingerprint density at radius 1 is 0.709 bits per heavy atom. The summed E-state index contributed by atoms with van der Waals surface area (Å²) >= 11 is 0. The van der Waals surface area contributed by atoms with Gasteiger partial charge in [-0.1, -0.05) is 39.8 Å². The van der Waals surface area contributed by atoms with Crippen molar-refractivity contribution >= 4 is 11.9 Å². The van der Waals surface area contributed by atoms with Gasteiger partial charge in [0.05, 0.1) is 24.9 Å². The molecule has 8 heterocycles. The van der Waals surface area contributed by atoms with Gasteiger partial charge in [0.25, 0.3) is 0 Å². The number of rotatable bonds is 8. The predicted octanol–water partition coefficient (Wildman–Crippen LogP) is 6.99. The van der Waals surface area contributed by atoms with Crippen LogP contribution in [-0.4, -0.2) is 66.6 Å². The molecule has 2 aliphatic carbocycles. The van der Waals surface area contributed by atoms with E-state index in [2.05, 4.69) is 33.0 Å². The zero-order valence-electron chi connectivity index (χ0n) is 33.6. The molecular weight excluding hydrogens is 706 g/mol. The topological polar surface area (TPSA) is 129 Å². The second-order valence-corrected chi connectivity index (χ2v) is 19.0. The number of esters is 1. The van der Waals surface area contributed by atoms with Gasteiger partial charge in [-0.05, 0) is 118 Å². The summed E-state index contributed by atoms with van der Waals surface area (Å²) in [4.78, 5) is 51.7. The normalized spacial score (nSPS) is 48.3. The van der Waals surface area contributed by atoms with Gasteiger partial charge in [0.15, 0.2) is 23.8 Å². The summed E-state index contributed by atoms with van der Waals surface area (Å²) in [6.45, 7) is 13.4. The third-order valence-electron chi connectivity index (χ3n) is 15.8. The molecule has 11 rings (SSSR count). The number of nitrogens with one attached hydrogen (secondary N) is 1. The molecule has 2 saturated carbocycles. The van der Waals surface area contributed by atoms with Crippen molar-refractivity contribution in [3.63, 3.8) is 0 Å². The minimum Gasteiger partial charge on any atom is -0.465 e. The highest BCUT2D eigenvalue weighted by molar-refractivity contribution is 5.89. The molecule has 0 radical (unpaired) electrons. The molecule has 4 bridgehead atoms. The van der Waals surface area contributed by atoms with Gasteiger partial charge in [0.1, 0.15) is 0 Å². The van der Waals surface area contributed by atoms with Crippen LogP contribution in [-0.2, 0) is 54.6 Å². The first-order chi connectivity index (χ1) is 26.3. The first-order valence-electron chi connectivity index (χ1n) is 21.1. The Bertz CT molecular complexity index is 1550. The van der Waals surface area contributed by atoms with Gasteiger partial charge in [0, 0.05) is 37.1 Å². The van der Waals surface area contributed by atoms with Gasteiger partial charge < -0.3 is 29.0 Å². The zero-order valence-corrected chi connectivity index (χ0v) is 33.6. The van der Waals surface area contributed by atoms with E-state index in [1.807, 2.05) is 26.0 Å². The number of fused-ring (bicyclic) bond motifs is 4. The molecular formula is C43H61NO11. The Kier molecular flexibility index (Phi) is 9.76. The smallest absolute Gasteiger partial charge is 0.337 e. The van der Waals surface area contributed by atoms with Crippen LogP contribution in [0.25, 0.3) is 0 Å². The molecule has 10 fully saturated rings. The van der Waals surface area contributed by atoms with E-state index in [1.54, 1.807) is 12.1 Å². The largest absolute Gasteiger partial charge is 0.465 e. The van der Waals surface area contributed by atoms with Crippen molar-refractivity contribution in [2.24, 2.45) is 53.3 Å². The molecule has 12 heteroatoms. The standard InChI is InChI=1S/C43H61NO11/c1-23-8-14-32-25(3)34(48-38-42(32)30(23)16-18-40(5,50-38)52-54-42)20-29(36(45)44-22-27-10-12-28(13-11-27)37(46)47-7)21-35-26(4)33-15-9-24(2)31-17-19-41(6)51-39(49-35)43(31,33)55-53-41/h10-13,23-26,29-35,38-39H,8-9,14-22H2,1-7H3,(H,44,45)/t23-,24-,25-,26-,30+,31+,32+,33+,34-,35-,38-,39-,40-,41-,42-,43-/m1/s1. The number of hydrogen-bond acceptors (Lipinski definition) is 11. The summed E-state index contributed by atoms with van der Waals surface area (Å²) in [6, 6.07) is 7.15. The Hall–Kier alpha value is -2.16. The second-order valence-electron chi connectivity index (χ2n) is 19.0. The molecule has 12 nitrogen and oxygen atoms in total. The predicted molar refractivity (Wildman–Crippen MR) is 196 cm³/mol. The summed E-state index contributed by atoms with van der Waals surface area (Å²) in [7, 11) is 1.37. The summed E-state index contributed by atoms with van der Waals surface area (Å²) in [5.41, 5.74) is 0.0119. The second kappa shape index (κ2) is 14.0. The molecule has 0 aromatic heterocycles. The fourth-order valence-corrected chi connectivity index (χ4v) is 12.6. The highest BCUT2D eigenvalue weighted by atomic mass is 17.3. The highest BCUT2D eigenvalue weighted by Gasteiger charge is 2.71. The lowest BCUT2D eigenvalue weighted by molar-refractivity contribution is -0.571. The van der Waals surface area contributed by atoms with Gasteiger partial charge >= 0.3 is 5.97 Å². The molecule has 0 unspecified atom stereocenters. The van der Waals surface area contributed by atoms with Crippen molar-refractivity contribution < 1.29 is 52.8 Å². The number of amides is 1. The minimum atomic E-state index is -0.875. The Morgan fingerprint density at radius 2 is 1.20 bits per heavy atom. The van der Waals surface area contributed by atoms with Crippen LogP contribution >= 0.6 is 0 Å². The van der Waals surface area contributed by atoms with Gasteiger partial charge in [0.2, 0.25) is 17.5 Å². The van der Waals surface area contributed by atoms with Crippen LogP contribution in [0.4, 0.5) is 0 Å². The molecule has 16 atom stereocenters.